The van der Waals surface area contributed by atoms with Crippen LogP contribution in [0.1, 0.15) is 20.7 Å². The Morgan fingerprint density at radius 2 is 1.71 bits per heavy atom. The number of nitrogens with zero attached hydrogens (tertiary/aromatic N) is 1. The van der Waals surface area contributed by atoms with E-state index in [-0.39, 0.29) is 22.6 Å². The molecule has 1 aliphatic rings. The predicted octanol–water partition coefficient (Wildman–Crippen LogP) is 3.49. The smallest absolute Gasteiger partial charge is 0.270 e. The lowest BCUT2D eigenvalue weighted by Gasteiger charge is -2.08. The Kier molecular flexibility index (Phi) is 3.09. The molecule has 3 N–H and O–H groups in total. The first-order valence-corrected chi connectivity index (χ1v) is 8.36. The van der Waals surface area contributed by atoms with Gasteiger partial charge in [-0.2, -0.15) is 0 Å². The lowest BCUT2D eigenvalue weighted by Crippen LogP contribution is -2.20. The van der Waals surface area contributed by atoms with Crippen LogP contribution in [0.4, 0.5) is 5.69 Å². The van der Waals surface area contributed by atoms with Crippen LogP contribution in [0.15, 0.2) is 48.5 Å². The molecular weight excluding hydrogens is 362 g/mol. The van der Waals surface area contributed by atoms with E-state index in [1.165, 1.54) is 30.3 Å². The molecule has 28 heavy (non-hydrogen) atoms. The van der Waals surface area contributed by atoms with Gasteiger partial charge in [-0.3, -0.25) is 25.0 Å². The highest BCUT2D eigenvalue weighted by Crippen LogP contribution is 2.40. The average molecular weight is 373 g/mol. The monoisotopic (exact) mass is 373 g/mol. The van der Waals surface area contributed by atoms with Crippen LogP contribution < -0.4 is 5.32 Å². The molecule has 0 saturated heterocycles. The molecule has 2 heterocycles. The predicted molar refractivity (Wildman–Crippen MR) is 101 cm³/mol. The molecule has 5 rings (SSSR count). The van der Waals surface area contributed by atoms with Crippen molar-refractivity contribution in [1.82, 2.24) is 10.3 Å². The molecule has 0 bridgehead atoms. The number of hydrogen-bond acceptors (Lipinski definition) is 5. The molecule has 1 aromatic heterocycles. The van der Waals surface area contributed by atoms with Gasteiger partial charge in [-0.25, -0.2) is 0 Å². The number of phenols is 1. The van der Waals surface area contributed by atoms with Gasteiger partial charge in [0, 0.05) is 33.9 Å². The fourth-order valence-corrected chi connectivity index (χ4v) is 3.76. The second kappa shape index (κ2) is 5.40. The Balaban J connectivity index is 1.92. The highest BCUT2D eigenvalue weighted by Gasteiger charge is 2.34. The quantitative estimate of drug-likeness (QED) is 0.282. The van der Waals surface area contributed by atoms with Crippen molar-refractivity contribution < 1.29 is 19.6 Å². The first kappa shape index (κ1) is 16.0. The van der Waals surface area contributed by atoms with Gasteiger partial charge in [-0.05, 0) is 35.4 Å². The number of aromatic hydroxyl groups is 1. The summed E-state index contributed by atoms with van der Waals surface area (Å²) in [6.45, 7) is 0. The second-order valence-electron chi connectivity index (χ2n) is 6.54. The molecule has 0 spiro atoms. The molecule has 0 aliphatic carbocycles. The van der Waals surface area contributed by atoms with Crippen molar-refractivity contribution >= 4 is 39.3 Å². The number of nitro benzene ring substituents is 1. The standard InChI is InChI=1S/C20H11N3O5/c24-11-4-5-14-13(7-11)16-15(21-14)8-12(17-18(16)20(26)22-19(17)25)9-2-1-3-10(6-9)23(27)28/h1-8,21,24H,(H,22,25,26). The number of carbonyl (C=O) groups excluding carboxylic acids is 2. The summed E-state index contributed by atoms with van der Waals surface area (Å²) in [5.74, 6) is -1.06. The van der Waals surface area contributed by atoms with Gasteiger partial charge in [-0.15, -0.1) is 0 Å². The van der Waals surface area contributed by atoms with Crippen LogP contribution >= 0.6 is 0 Å². The summed E-state index contributed by atoms with van der Waals surface area (Å²) in [4.78, 5) is 38.9. The molecule has 3 aromatic carbocycles. The number of benzene rings is 3. The zero-order valence-electron chi connectivity index (χ0n) is 14.1. The van der Waals surface area contributed by atoms with Gasteiger partial charge in [-0.1, -0.05) is 12.1 Å². The minimum absolute atomic E-state index is 0.0367. The van der Waals surface area contributed by atoms with Crippen LogP contribution in [0.3, 0.4) is 0 Å². The van der Waals surface area contributed by atoms with Gasteiger partial charge < -0.3 is 10.1 Å². The number of amides is 2. The number of nitrogens with one attached hydrogen (secondary N) is 2. The highest BCUT2D eigenvalue weighted by atomic mass is 16.6. The maximum absolute atomic E-state index is 12.6. The van der Waals surface area contributed by atoms with Crippen molar-refractivity contribution in [3.63, 3.8) is 0 Å². The minimum Gasteiger partial charge on any atom is -0.508 e. The number of rotatable bonds is 2. The van der Waals surface area contributed by atoms with Crippen LogP contribution in [0.5, 0.6) is 5.75 Å². The van der Waals surface area contributed by atoms with Gasteiger partial charge in [0.05, 0.1) is 16.1 Å². The number of nitro groups is 1. The number of aromatic nitrogens is 1. The molecule has 0 fully saturated rings. The number of fused-ring (bicyclic) bond motifs is 5. The second-order valence-corrected chi connectivity index (χ2v) is 6.54. The Bertz CT molecular complexity index is 1370. The lowest BCUT2D eigenvalue weighted by molar-refractivity contribution is -0.384. The normalized spacial score (nSPS) is 13.1. The largest absolute Gasteiger partial charge is 0.508 e. The number of hydrogen-bond donors (Lipinski definition) is 3. The molecule has 0 unspecified atom stereocenters. The summed E-state index contributed by atoms with van der Waals surface area (Å²) >= 11 is 0. The van der Waals surface area contributed by atoms with E-state index in [0.717, 1.165) is 0 Å². The topological polar surface area (TPSA) is 125 Å². The van der Waals surface area contributed by atoms with Crippen LogP contribution in [0.25, 0.3) is 32.9 Å². The molecule has 136 valence electrons. The van der Waals surface area contributed by atoms with Crippen molar-refractivity contribution in [3.05, 3.63) is 69.8 Å². The third-order valence-electron chi connectivity index (χ3n) is 4.92. The van der Waals surface area contributed by atoms with Crippen molar-refractivity contribution in [1.29, 1.82) is 0 Å². The van der Waals surface area contributed by atoms with E-state index in [1.807, 2.05) is 0 Å². The molecule has 4 aromatic rings. The molecule has 1 aliphatic heterocycles. The summed E-state index contributed by atoms with van der Waals surface area (Å²) in [6.07, 6.45) is 0. The van der Waals surface area contributed by atoms with Gasteiger partial charge in [0.2, 0.25) is 0 Å². The van der Waals surface area contributed by atoms with E-state index >= 15 is 0 Å². The van der Waals surface area contributed by atoms with E-state index in [0.29, 0.717) is 32.9 Å². The minimum atomic E-state index is -0.557. The maximum Gasteiger partial charge on any atom is 0.270 e. The first-order valence-electron chi connectivity index (χ1n) is 8.36. The van der Waals surface area contributed by atoms with Gasteiger partial charge >= 0.3 is 0 Å². The van der Waals surface area contributed by atoms with E-state index in [4.69, 9.17) is 0 Å². The Morgan fingerprint density at radius 3 is 2.50 bits per heavy atom. The van der Waals surface area contributed by atoms with E-state index in [9.17, 15) is 24.8 Å². The maximum atomic E-state index is 12.6. The van der Waals surface area contributed by atoms with Crippen molar-refractivity contribution in [2.75, 3.05) is 0 Å². The average Bonchev–Trinajstić information content (AvgIpc) is 3.17. The van der Waals surface area contributed by atoms with Gasteiger partial charge in [0.1, 0.15) is 5.75 Å². The Labute approximate surface area is 156 Å². The number of phenolic OH excluding ortho intramolecular Hbond substituents is 1. The van der Waals surface area contributed by atoms with Crippen LogP contribution in [0.2, 0.25) is 0 Å². The van der Waals surface area contributed by atoms with E-state index in [1.54, 1.807) is 18.2 Å². The number of aromatic amines is 1. The lowest BCUT2D eigenvalue weighted by atomic mass is 9.92. The Hall–Kier alpha value is -4.20. The summed E-state index contributed by atoms with van der Waals surface area (Å²) in [5.41, 5.74) is 2.41. The summed E-state index contributed by atoms with van der Waals surface area (Å²) < 4.78 is 0. The fraction of sp³-hybridized carbons (Fsp3) is 0. The van der Waals surface area contributed by atoms with Crippen LogP contribution in [0, 0.1) is 10.1 Å². The number of non-ortho nitro benzene ring substituents is 1. The first-order chi connectivity index (χ1) is 13.4. The Morgan fingerprint density at radius 1 is 0.929 bits per heavy atom. The molecule has 8 heteroatoms. The van der Waals surface area contributed by atoms with Crippen molar-refractivity contribution in [3.8, 4) is 16.9 Å². The third-order valence-corrected chi connectivity index (χ3v) is 4.92. The zero-order valence-corrected chi connectivity index (χ0v) is 14.1. The number of carbonyl (C=O) groups is 2. The SMILES string of the molecule is O=C1NC(=O)c2c1c(-c1cccc([N+](=O)[O-])c1)cc1[nH]c3ccc(O)cc3c21. The molecule has 8 nitrogen and oxygen atoms in total. The van der Waals surface area contributed by atoms with Gasteiger partial charge in [0.25, 0.3) is 17.5 Å². The van der Waals surface area contributed by atoms with E-state index < -0.39 is 16.7 Å². The molecular formula is C20H11N3O5. The number of imide groups is 1. The summed E-state index contributed by atoms with van der Waals surface area (Å²) in [6, 6.07) is 12.3. The van der Waals surface area contributed by atoms with Crippen molar-refractivity contribution in [2.45, 2.75) is 0 Å². The molecule has 0 saturated carbocycles. The summed E-state index contributed by atoms with van der Waals surface area (Å²) in [5, 5.41) is 24.4. The van der Waals surface area contributed by atoms with Crippen LogP contribution in [-0.4, -0.2) is 26.8 Å². The van der Waals surface area contributed by atoms with Gasteiger partial charge in [0.15, 0.2) is 0 Å². The van der Waals surface area contributed by atoms with Crippen molar-refractivity contribution in [2.24, 2.45) is 0 Å². The number of H-pyrrole nitrogens is 1. The molecule has 0 radical (unpaired) electrons. The van der Waals surface area contributed by atoms with Crippen LogP contribution in [-0.2, 0) is 0 Å². The molecule has 0 atom stereocenters. The fourth-order valence-electron chi connectivity index (χ4n) is 3.76. The van der Waals surface area contributed by atoms with E-state index in [2.05, 4.69) is 10.3 Å². The molecule has 2 amide bonds. The highest BCUT2D eigenvalue weighted by molar-refractivity contribution is 6.32. The summed E-state index contributed by atoms with van der Waals surface area (Å²) in [7, 11) is 0. The third kappa shape index (κ3) is 2.11. The zero-order chi connectivity index (χ0) is 19.6.